The third-order valence-corrected chi connectivity index (χ3v) is 9.36. The molecule has 0 spiro atoms. The van der Waals surface area contributed by atoms with Gasteiger partial charge in [0.05, 0.1) is 19.8 Å². The predicted octanol–water partition coefficient (Wildman–Crippen LogP) is 11.3. The van der Waals surface area contributed by atoms with Crippen LogP contribution in [0.5, 0.6) is 0 Å². The molecule has 0 rings (SSSR count). The number of carbonyl (C=O) groups excluding carboxylic acids is 1. The fraction of sp³-hybridized carbons (Fsp3) is 0.872. The lowest BCUT2D eigenvalue weighted by molar-refractivity contribution is -0.154. The van der Waals surface area contributed by atoms with Gasteiger partial charge >= 0.3 is 13.8 Å². The maximum absolute atomic E-state index is 12.5. The maximum Gasteiger partial charge on any atom is 0.472 e. The van der Waals surface area contributed by atoms with Gasteiger partial charge < -0.3 is 20.1 Å². The normalized spacial score (nSPS) is 13.8. The molecule has 0 aromatic carbocycles. The molecular weight excluding hydrogens is 625 g/mol. The Hall–Kier alpha value is -1.02. The van der Waals surface area contributed by atoms with E-state index in [1.54, 1.807) is 0 Å². The third-order valence-electron chi connectivity index (χ3n) is 8.37. The van der Waals surface area contributed by atoms with E-state index in [2.05, 4.69) is 38.2 Å². The number of hydrogen-bond acceptors (Lipinski definition) is 7. The zero-order valence-electron chi connectivity index (χ0n) is 31.2. The lowest BCUT2D eigenvalue weighted by Crippen LogP contribution is -2.28. The lowest BCUT2D eigenvalue weighted by Gasteiger charge is -2.20. The first-order chi connectivity index (χ1) is 23.4. The van der Waals surface area contributed by atoms with E-state index in [0.29, 0.717) is 13.0 Å². The van der Waals surface area contributed by atoms with Crippen LogP contribution in [0.4, 0.5) is 0 Å². The molecule has 3 N–H and O–H groups in total. The molecule has 9 heteroatoms. The molecule has 0 amide bonds. The molecule has 284 valence electrons. The summed E-state index contributed by atoms with van der Waals surface area (Å²) in [6.07, 6.45) is 39.0. The van der Waals surface area contributed by atoms with Crippen molar-refractivity contribution in [1.82, 2.24) is 0 Å². The molecule has 0 radical (unpaired) electrons. The number of unbranched alkanes of at least 4 members (excludes halogenated alkanes) is 21. The molecule has 2 unspecified atom stereocenters. The van der Waals surface area contributed by atoms with Crippen LogP contribution >= 0.6 is 7.82 Å². The number of carbonyl (C=O) groups is 1. The number of ether oxygens (including phenoxy) is 2. The number of allylic oxidation sites excluding steroid dienone is 4. The molecule has 0 aliphatic carbocycles. The van der Waals surface area contributed by atoms with E-state index in [9.17, 15) is 14.3 Å². The zero-order valence-corrected chi connectivity index (χ0v) is 32.1. The largest absolute Gasteiger partial charge is 0.472 e. The second-order valence-corrected chi connectivity index (χ2v) is 14.6. The average Bonchev–Trinajstić information content (AvgIpc) is 3.07. The van der Waals surface area contributed by atoms with E-state index in [0.717, 1.165) is 57.8 Å². The molecule has 48 heavy (non-hydrogen) atoms. The van der Waals surface area contributed by atoms with Crippen LogP contribution in [0.15, 0.2) is 24.3 Å². The summed E-state index contributed by atoms with van der Waals surface area (Å²) < 4.78 is 33.3. The third kappa shape index (κ3) is 36.3. The van der Waals surface area contributed by atoms with E-state index < -0.39 is 13.9 Å². The lowest BCUT2D eigenvalue weighted by atomic mass is 10.0. The molecule has 0 saturated heterocycles. The summed E-state index contributed by atoms with van der Waals surface area (Å²) in [4.78, 5) is 22.4. The highest BCUT2D eigenvalue weighted by atomic mass is 31.2. The van der Waals surface area contributed by atoms with Gasteiger partial charge in [-0.2, -0.15) is 0 Å². The van der Waals surface area contributed by atoms with Gasteiger partial charge in [0.15, 0.2) is 0 Å². The Morgan fingerprint density at radius 1 is 0.625 bits per heavy atom. The fourth-order valence-corrected chi connectivity index (χ4v) is 6.19. The number of rotatable bonds is 38. The Kier molecular flexibility index (Phi) is 36.4. The van der Waals surface area contributed by atoms with Crippen molar-refractivity contribution in [1.29, 1.82) is 0 Å². The Balaban J connectivity index is 4.07. The van der Waals surface area contributed by atoms with E-state index in [4.69, 9.17) is 24.3 Å². The maximum atomic E-state index is 12.5. The topological polar surface area (TPSA) is 117 Å². The highest BCUT2D eigenvalue weighted by Gasteiger charge is 2.25. The molecule has 0 saturated carbocycles. The second kappa shape index (κ2) is 37.2. The van der Waals surface area contributed by atoms with Crippen molar-refractivity contribution < 1.29 is 32.8 Å². The standard InChI is InChI=1S/C39H76NO7P/c1-3-5-7-9-11-13-15-17-19-21-23-25-27-29-31-34-44-36-38(37-46-48(42,43)45-35-33-40)47-39(41)32-30-28-26-24-22-20-18-16-14-12-10-8-6-4-2/h10,12,16,18,38H,3-9,11,13-15,17,19-37,40H2,1-2H3,(H,42,43)/b12-10-,18-16-. The summed E-state index contributed by atoms with van der Waals surface area (Å²) in [5.41, 5.74) is 5.35. The van der Waals surface area contributed by atoms with Gasteiger partial charge in [-0.25, -0.2) is 4.57 Å². The van der Waals surface area contributed by atoms with Gasteiger partial charge in [0.2, 0.25) is 0 Å². The monoisotopic (exact) mass is 702 g/mol. The van der Waals surface area contributed by atoms with Gasteiger partial charge in [-0.05, 0) is 38.5 Å². The number of hydrogen-bond donors (Lipinski definition) is 2. The quantitative estimate of drug-likeness (QED) is 0.0283. The van der Waals surface area contributed by atoms with Crippen molar-refractivity contribution in [2.24, 2.45) is 5.73 Å². The van der Waals surface area contributed by atoms with Crippen LogP contribution < -0.4 is 5.73 Å². The number of phosphoric ester groups is 1. The summed E-state index contributed by atoms with van der Waals surface area (Å²) in [7, 11) is -4.27. The van der Waals surface area contributed by atoms with E-state index in [1.807, 2.05) is 0 Å². The number of nitrogens with two attached hydrogens (primary N) is 1. The highest BCUT2D eigenvalue weighted by molar-refractivity contribution is 7.47. The van der Waals surface area contributed by atoms with Crippen LogP contribution in [0.25, 0.3) is 0 Å². The van der Waals surface area contributed by atoms with E-state index in [1.165, 1.54) is 103 Å². The van der Waals surface area contributed by atoms with Gasteiger partial charge in [-0.1, -0.05) is 160 Å². The molecular formula is C39H76NO7P. The van der Waals surface area contributed by atoms with Gasteiger partial charge in [-0.3, -0.25) is 13.8 Å². The van der Waals surface area contributed by atoms with Gasteiger partial charge in [0.25, 0.3) is 0 Å². The van der Waals surface area contributed by atoms with E-state index in [-0.39, 0.29) is 32.3 Å². The van der Waals surface area contributed by atoms with E-state index >= 15 is 0 Å². The fourth-order valence-electron chi connectivity index (χ4n) is 5.42. The Morgan fingerprint density at radius 3 is 1.69 bits per heavy atom. The molecule has 0 fully saturated rings. The molecule has 0 heterocycles. The molecule has 0 aliphatic rings. The van der Waals surface area contributed by atoms with Crippen LogP contribution in [-0.4, -0.2) is 49.9 Å². The van der Waals surface area contributed by atoms with Crippen LogP contribution in [-0.2, 0) is 27.9 Å². The Bertz CT molecular complexity index is 792. The average molecular weight is 702 g/mol. The molecule has 0 aliphatic heterocycles. The van der Waals surface area contributed by atoms with Gasteiger partial charge in [0, 0.05) is 19.6 Å². The molecule has 2 atom stereocenters. The molecule has 0 aromatic rings. The Labute approximate surface area is 296 Å². The van der Waals surface area contributed by atoms with Crippen molar-refractivity contribution in [3.8, 4) is 0 Å². The van der Waals surface area contributed by atoms with Crippen LogP contribution in [0.3, 0.4) is 0 Å². The van der Waals surface area contributed by atoms with Crippen LogP contribution in [0, 0.1) is 0 Å². The smallest absolute Gasteiger partial charge is 0.457 e. The molecule has 0 bridgehead atoms. The number of esters is 1. The summed E-state index contributed by atoms with van der Waals surface area (Å²) in [6.45, 7) is 4.88. The SMILES string of the molecule is CCCC/C=C\C/C=C\CCCCCCCC(=O)OC(COCCCCCCCCCCCCCCCCC)COP(=O)(O)OCCN. The van der Waals surface area contributed by atoms with Crippen molar-refractivity contribution in [2.45, 2.75) is 187 Å². The zero-order chi connectivity index (χ0) is 35.2. The predicted molar refractivity (Wildman–Crippen MR) is 201 cm³/mol. The number of phosphoric acid groups is 1. The van der Waals surface area contributed by atoms with Crippen molar-refractivity contribution in [3.63, 3.8) is 0 Å². The molecule has 8 nitrogen and oxygen atoms in total. The minimum absolute atomic E-state index is 0.0965. The highest BCUT2D eigenvalue weighted by Crippen LogP contribution is 2.43. The minimum Gasteiger partial charge on any atom is -0.457 e. The molecule has 0 aromatic heterocycles. The summed E-state index contributed by atoms with van der Waals surface area (Å²) >= 11 is 0. The van der Waals surface area contributed by atoms with Gasteiger partial charge in [-0.15, -0.1) is 0 Å². The van der Waals surface area contributed by atoms with Crippen molar-refractivity contribution >= 4 is 13.8 Å². The van der Waals surface area contributed by atoms with Crippen LogP contribution in [0.2, 0.25) is 0 Å². The minimum atomic E-state index is -4.27. The van der Waals surface area contributed by atoms with Gasteiger partial charge in [0.1, 0.15) is 6.10 Å². The second-order valence-electron chi connectivity index (χ2n) is 13.1. The van der Waals surface area contributed by atoms with Crippen molar-refractivity contribution in [3.05, 3.63) is 24.3 Å². The van der Waals surface area contributed by atoms with Crippen molar-refractivity contribution in [2.75, 3.05) is 33.0 Å². The first-order valence-corrected chi connectivity index (χ1v) is 21.3. The Morgan fingerprint density at radius 2 is 1.12 bits per heavy atom. The first-order valence-electron chi connectivity index (χ1n) is 19.8. The summed E-state index contributed by atoms with van der Waals surface area (Å²) in [5.74, 6) is -0.343. The first kappa shape index (κ1) is 47.0. The summed E-state index contributed by atoms with van der Waals surface area (Å²) in [5, 5.41) is 0. The van der Waals surface area contributed by atoms with Crippen LogP contribution in [0.1, 0.15) is 181 Å². The summed E-state index contributed by atoms with van der Waals surface area (Å²) in [6, 6.07) is 0.